The maximum Gasteiger partial charge on any atom is 0.0558 e. The Morgan fingerprint density at radius 2 is 0.542 bits per heavy atom. The zero-order valence-electron chi connectivity index (χ0n) is 14.9. The van der Waals surface area contributed by atoms with Crippen molar-refractivity contribution >= 4 is 0 Å². The van der Waals surface area contributed by atoms with Gasteiger partial charge in [-0.1, -0.05) is 0 Å². The third kappa shape index (κ3) is 13.0. The highest BCUT2D eigenvalue weighted by Gasteiger charge is 2.09. The van der Waals surface area contributed by atoms with E-state index in [1.165, 1.54) is 0 Å². The second-order valence-electron chi connectivity index (χ2n) is 5.85. The highest BCUT2D eigenvalue weighted by molar-refractivity contribution is 4.64. The normalized spacial score (nSPS) is 12.0. The molecule has 0 aromatic heterocycles. The molecule has 0 saturated heterocycles. The minimum Gasteiger partial charge on any atom is -0.395 e. The third-order valence-electron chi connectivity index (χ3n) is 3.98. The molecule has 0 aromatic carbocycles. The summed E-state index contributed by atoms with van der Waals surface area (Å²) >= 11 is 0. The summed E-state index contributed by atoms with van der Waals surface area (Å²) in [4.78, 5) is 6.26. The SMILES string of the molecule is OCCN(CCO)CCCN(CCO)CCCN(CCO)CCO. The van der Waals surface area contributed by atoms with E-state index in [2.05, 4.69) is 4.90 Å². The van der Waals surface area contributed by atoms with Crippen molar-refractivity contribution in [1.82, 2.24) is 14.7 Å². The van der Waals surface area contributed by atoms with Gasteiger partial charge in [-0.15, -0.1) is 0 Å². The number of nitrogens with zero attached hydrogens (tertiary/aromatic N) is 3. The fraction of sp³-hybridized carbons (Fsp3) is 1.00. The van der Waals surface area contributed by atoms with Crippen LogP contribution in [0.2, 0.25) is 0 Å². The second kappa shape index (κ2) is 17.5. The summed E-state index contributed by atoms with van der Waals surface area (Å²) in [6.45, 7) is 6.70. The summed E-state index contributed by atoms with van der Waals surface area (Å²) in [5.74, 6) is 0. The van der Waals surface area contributed by atoms with Gasteiger partial charge in [-0.3, -0.25) is 9.80 Å². The average molecular weight is 351 g/mol. The summed E-state index contributed by atoms with van der Waals surface area (Å²) in [5.41, 5.74) is 0. The molecule has 0 fully saturated rings. The van der Waals surface area contributed by atoms with E-state index in [0.717, 1.165) is 39.0 Å². The zero-order valence-corrected chi connectivity index (χ0v) is 14.9. The molecule has 8 heteroatoms. The predicted molar refractivity (Wildman–Crippen MR) is 94.0 cm³/mol. The standard InChI is InChI=1S/C16H37N3O5/c20-12-7-17(3-1-5-18(8-13-21)9-14-22)4-2-6-19(10-15-23)11-16-24/h20-24H,1-16H2. The lowest BCUT2D eigenvalue weighted by Gasteiger charge is -2.26. The van der Waals surface area contributed by atoms with Gasteiger partial charge in [0, 0.05) is 32.7 Å². The van der Waals surface area contributed by atoms with Crippen molar-refractivity contribution in [3.8, 4) is 0 Å². The highest BCUT2D eigenvalue weighted by atomic mass is 16.3. The van der Waals surface area contributed by atoms with Gasteiger partial charge in [-0.2, -0.15) is 0 Å². The smallest absolute Gasteiger partial charge is 0.0558 e. The molecule has 0 aliphatic heterocycles. The fourth-order valence-corrected chi connectivity index (χ4v) is 2.75. The third-order valence-corrected chi connectivity index (χ3v) is 3.98. The molecule has 0 atom stereocenters. The predicted octanol–water partition coefficient (Wildman–Crippen LogP) is -2.37. The molecular formula is C16H37N3O5. The van der Waals surface area contributed by atoms with E-state index in [0.29, 0.717) is 32.7 Å². The first-order chi connectivity index (χ1) is 11.7. The van der Waals surface area contributed by atoms with Gasteiger partial charge in [-0.25, -0.2) is 0 Å². The molecule has 0 bridgehead atoms. The molecule has 24 heavy (non-hydrogen) atoms. The van der Waals surface area contributed by atoms with Crippen LogP contribution in [0.5, 0.6) is 0 Å². The molecule has 0 spiro atoms. The maximum atomic E-state index is 9.20. The van der Waals surface area contributed by atoms with Crippen molar-refractivity contribution in [2.24, 2.45) is 0 Å². The lowest BCUT2D eigenvalue weighted by atomic mass is 10.3. The summed E-state index contributed by atoms with van der Waals surface area (Å²) in [6, 6.07) is 0. The first-order valence-corrected chi connectivity index (χ1v) is 8.93. The minimum atomic E-state index is 0.0892. The Morgan fingerprint density at radius 1 is 0.333 bits per heavy atom. The minimum absolute atomic E-state index is 0.0892. The number of aliphatic hydroxyl groups excluding tert-OH is 5. The zero-order chi connectivity index (χ0) is 18.0. The highest BCUT2D eigenvalue weighted by Crippen LogP contribution is 1.99. The monoisotopic (exact) mass is 351 g/mol. The van der Waals surface area contributed by atoms with E-state index < -0.39 is 0 Å². The topological polar surface area (TPSA) is 111 Å². The van der Waals surface area contributed by atoms with E-state index in [1.807, 2.05) is 9.80 Å². The van der Waals surface area contributed by atoms with E-state index in [4.69, 9.17) is 20.4 Å². The van der Waals surface area contributed by atoms with Crippen LogP contribution in [-0.2, 0) is 0 Å². The van der Waals surface area contributed by atoms with Gasteiger partial charge < -0.3 is 30.4 Å². The van der Waals surface area contributed by atoms with Gasteiger partial charge >= 0.3 is 0 Å². The molecule has 0 rings (SSSR count). The van der Waals surface area contributed by atoms with Crippen molar-refractivity contribution in [3.05, 3.63) is 0 Å². The molecule has 0 unspecified atom stereocenters. The maximum absolute atomic E-state index is 9.20. The molecule has 146 valence electrons. The van der Waals surface area contributed by atoms with Crippen LogP contribution in [0.3, 0.4) is 0 Å². The van der Waals surface area contributed by atoms with Gasteiger partial charge in [0.1, 0.15) is 0 Å². The Morgan fingerprint density at radius 3 is 0.750 bits per heavy atom. The van der Waals surface area contributed by atoms with Gasteiger partial charge in [0.25, 0.3) is 0 Å². The van der Waals surface area contributed by atoms with Crippen LogP contribution in [0.25, 0.3) is 0 Å². The van der Waals surface area contributed by atoms with Crippen molar-refractivity contribution in [1.29, 1.82) is 0 Å². The molecule has 5 N–H and O–H groups in total. The van der Waals surface area contributed by atoms with E-state index in [1.54, 1.807) is 0 Å². The van der Waals surface area contributed by atoms with Crippen LogP contribution in [0.15, 0.2) is 0 Å². The van der Waals surface area contributed by atoms with Crippen LogP contribution in [0.1, 0.15) is 12.8 Å². The number of hydrogen-bond donors (Lipinski definition) is 5. The Labute approximate surface area is 145 Å². The first-order valence-electron chi connectivity index (χ1n) is 8.93. The second-order valence-corrected chi connectivity index (χ2v) is 5.85. The lowest BCUT2D eigenvalue weighted by molar-refractivity contribution is 0.138. The van der Waals surface area contributed by atoms with Crippen LogP contribution in [-0.4, -0.2) is 132 Å². The van der Waals surface area contributed by atoms with E-state index >= 15 is 0 Å². The Balaban J connectivity index is 4.05. The molecule has 0 radical (unpaired) electrons. The summed E-state index contributed by atoms with van der Waals surface area (Å²) in [5, 5.41) is 45.2. The van der Waals surface area contributed by atoms with Crippen LogP contribution in [0, 0.1) is 0 Å². The van der Waals surface area contributed by atoms with Crippen molar-refractivity contribution in [2.45, 2.75) is 12.8 Å². The van der Waals surface area contributed by atoms with Crippen molar-refractivity contribution in [3.63, 3.8) is 0 Å². The molecule has 0 aliphatic carbocycles. The molecule has 0 amide bonds. The molecular weight excluding hydrogens is 314 g/mol. The van der Waals surface area contributed by atoms with Crippen LogP contribution >= 0.6 is 0 Å². The van der Waals surface area contributed by atoms with Crippen molar-refractivity contribution < 1.29 is 25.5 Å². The van der Waals surface area contributed by atoms with Gasteiger partial charge in [0.15, 0.2) is 0 Å². The Bertz CT molecular complexity index is 228. The number of rotatable bonds is 18. The fourth-order valence-electron chi connectivity index (χ4n) is 2.75. The summed E-state index contributed by atoms with van der Waals surface area (Å²) in [7, 11) is 0. The van der Waals surface area contributed by atoms with Crippen LogP contribution in [0.4, 0.5) is 0 Å². The Hall–Kier alpha value is -0.320. The largest absolute Gasteiger partial charge is 0.395 e. The first kappa shape index (κ1) is 23.7. The average Bonchev–Trinajstić information content (AvgIpc) is 2.55. The lowest BCUT2D eigenvalue weighted by Crippen LogP contribution is -2.36. The molecule has 0 aromatic rings. The summed E-state index contributed by atoms with van der Waals surface area (Å²) in [6.07, 6.45) is 1.83. The van der Waals surface area contributed by atoms with Gasteiger partial charge in [0.2, 0.25) is 0 Å². The molecule has 8 nitrogen and oxygen atoms in total. The Kier molecular flexibility index (Phi) is 17.3. The quantitative estimate of drug-likeness (QED) is 0.186. The molecule has 0 heterocycles. The van der Waals surface area contributed by atoms with Gasteiger partial charge in [-0.05, 0) is 39.0 Å². The van der Waals surface area contributed by atoms with E-state index in [9.17, 15) is 5.11 Å². The molecule has 0 saturated carbocycles. The van der Waals surface area contributed by atoms with Gasteiger partial charge in [0.05, 0.1) is 33.0 Å². The summed E-state index contributed by atoms with van der Waals surface area (Å²) < 4.78 is 0. The van der Waals surface area contributed by atoms with E-state index in [-0.39, 0.29) is 33.0 Å². The number of hydrogen-bond acceptors (Lipinski definition) is 8. The number of aliphatic hydroxyl groups is 5. The van der Waals surface area contributed by atoms with Crippen molar-refractivity contribution in [2.75, 3.05) is 91.9 Å². The van der Waals surface area contributed by atoms with Crippen LogP contribution < -0.4 is 0 Å². The molecule has 0 aliphatic rings.